The van der Waals surface area contributed by atoms with Crippen molar-refractivity contribution in [2.75, 3.05) is 6.61 Å². The van der Waals surface area contributed by atoms with Gasteiger partial charge in [0.25, 0.3) is 5.17 Å². The summed E-state index contributed by atoms with van der Waals surface area (Å²) in [6, 6.07) is 10.1. The van der Waals surface area contributed by atoms with Crippen molar-refractivity contribution in [2.45, 2.75) is 19.4 Å². The van der Waals surface area contributed by atoms with Crippen molar-refractivity contribution in [3.8, 4) is 0 Å². The van der Waals surface area contributed by atoms with E-state index in [1.165, 1.54) is 12.5 Å². The number of benzene rings is 1. The fraction of sp³-hybridized carbons (Fsp3) is 0.333. The average molecular weight is 235 g/mol. The summed E-state index contributed by atoms with van der Waals surface area (Å²) in [6.07, 6.45) is 0.778. The molecule has 0 spiro atoms. The number of carbonyl (C=O) groups excluding carboxylic acids is 1. The van der Waals surface area contributed by atoms with Gasteiger partial charge in [-0.05, 0) is 24.2 Å². The molecule has 0 bridgehead atoms. The highest BCUT2D eigenvalue weighted by Gasteiger charge is 2.32. The van der Waals surface area contributed by atoms with Crippen LogP contribution in [0.1, 0.15) is 12.5 Å². The van der Waals surface area contributed by atoms with E-state index in [2.05, 4.69) is 0 Å². The van der Waals surface area contributed by atoms with Crippen LogP contribution in [-0.2, 0) is 16.0 Å². The summed E-state index contributed by atoms with van der Waals surface area (Å²) in [6.45, 7) is 2.01. The third kappa shape index (κ3) is 2.22. The maximum Gasteiger partial charge on any atom is 0.266 e. The number of rotatable bonds is 2. The molecule has 1 aromatic rings. The summed E-state index contributed by atoms with van der Waals surface area (Å²) in [5, 5.41) is 0.299. The number of nitrogens with zero attached hydrogens (tertiary/aromatic N) is 1. The summed E-state index contributed by atoms with van der Waals surface area (Å²) >= 11 is 4.99. The van der Waals surface area contributed by atoms with Crippen LogP contribution in [0.2, 0.25) is 0 Å². The average Bonchev–Trinajstić information content (AvgIpc) is 2.61. The molecule has 1 aliphatic heterocycles. The molecule has 4 heteroatoms. The first-order chi connectivity index (χ1) is 7.68. The molecule has 3 nitrogen and oxygen atoms in total. The summed E-state index contributed by atoms with van der Waals surface area (Å²) in [4.78, 5) is 13.0. The smallest absolute Gasteiger partial charge is 0.266 e. The monoisotopic (exact) mass is 235 g/mol. The number of hydrogen-bond donors (Lipinski definition) is 0. The first-order valence-electron chi connectivity index (χ1n) is 5.19. The van der Waals surface area contributed by atoms with E-state index in [0.29, 0.717) is 11.8 Å². The molecule has 1 amide bonds. The molecule has 1 saturated heterocycles. The SMILES string of the molecule is CC(=O)N1C(=S)OC[C@@H]1Cc1ccccc1. The Hall–Kier alpha value is -1.42. The highest BCUT2D eigenvalue weighted by molar-refractivity contribution is 7.80. The van der Waals surface area contributed by atoms with Gasteiger partial charge in [-0.3, -0.25) is 9.69 Å². The molecule has 84 valence electrons. The van der Waals surface area contributed by atoms with Crippen LogP contribution in [0.3, 0.4) is 0 Å². The zero-order valence-electron chi connectivity index (χ0n) is 9.05. The van der Waals surface area contributed by atoms with Crippen LogP contribution in [-0.4, -0.2) is 28.6 Å². The standard InChI is InChI=1S/C12H13NO2S/c1-9(14)13-11(8-15-12(13)16)7-10-5-3-2-4-6-10/h2-6,11H,7-8H2,1H3/t11-/m0/s1. The predicted molar refractivity (Wildman–Crippen MR) is 65.0 cm³/mol. The molecule has 1 aromatic carbocycles. The molecule has 0 N–H and O–H groups in total. The van der Waals surface area contributed by atoms with Crippen molar-refractivity contribution in [1.82, 2.24) is 4.90 Å². The Morgan fingerprint density at radius 1 is 1.50 bits per heavy atom. The number of carbonyl (C=O) groups is 1. The molecular weight excluding hydrogens is 222 g/mol. The minimum absolute atomic E-state index is 0.0346. The van der Waals surface area contributed by atoms with Gasteiger partial charge in [0.05, 0.1) is 6.04 Å². The van der Waals surface area contributed by atoms with Crippen LogP contribution in [0, 0.1) is 0 Å². The van der Waals surface area contributed by atoms with Crippen LogP contribution in [0.5, 0.6) is 0 Å². The second-order valence-corrected chi connectivity index (χ2v) is 4.16. The number of hydrogen-bond acceptors (Lipinski definition) is 3. The fourth-order valence-electron chi connectivity index (χ4n) is 1.88. The van der Waals surface area contributed by atoms with Gasteiger partial charge in [0, 0.05) is 6.92 Å². The minimum atomic E-state index is -0.0524. The molecule has 1 fully saturated rings. The first kappa shape index (κ1) is 11.1. The molecule has 0 aromatic heterocycles. The fourth-order valence-corrected chi connectivity index (χ4v) is 2.23. The molecule has 1 aliphatic rings. The van der Waals surface area contributed by atoms with Gasteiger partial charge in [0.1, 0.15) is 6.61 Å². The van der Waals surface area contributed by atoms with Crippen LogP contribution in [0.25, 0.3) is 0 Å². The van der Waals surface area contributed by atoms with Crippen molar-refractivity contribution in [1.29, 1.82) is 0 Å². The summed E-state index contributed by atoms with van der Waals surface area (Å²) in [5.41, 5.74) is 1.19. The van der Waals surface area contributed by atoms with Crippen LogP contribution >= 0.6 is 12.2 Å². The molecule has 0 radical (unpaired) electrons. The highest BCUT2D eigenvalue weighted by atomic mass is 32.1. The zero-order valence-corrected chi connectivity index (χ0v) is 9.87. The molecule has 0 saturated carbocycles. The molecule has 0 aliphatic carbocycles. The molecular formula is C12H13NO2S. The van der Waals surface area contributed by atoms with Gasteiger partial charge in [-0.25, -0.2) is 0 Å². The van der Waals surface area contributed by atoms with E-state index in [9.17, 15) is 4.79 Å². The first-order valence-corrected chi connectivity index (χ1v) is 5.60. The lowest BCUT2D eigenvalue weighted by molar-refractivity contribution is -0.125. The summed E-state index contributed by atoms with van der Waals surface area (Å²) < 4.78 is 5.25. The minimum Gasteiger partial charge on any atom is -0.468 e. The van der Waals surface area contributed by atoms with E-state index in [-0.39, 0.29) is 11.9 Å². The van der Waals surface area contributed by atoms with Crippen molar-refractivity contribution >= 4 is 23.3 Å². The molecule has 2 rings (SSSR count). The normalized spacial score (nSPS) is 19.7. The summed E-state index contributed by atoms with van der Waals surface area (Å²) in [5.74, 6) is -0.0524. The molecule has 1 atom stereocenters. The predicted octanol–water partition coefficient (Wildman–Crippen LogP) is 1.76. The lowest BCUT2D eigenvalue weighted by Crippen LogP contribution is -2.38. The Bertz CT molecular complexity index is 405. The van der Waals surface area contributed by atoms with Crippen LogP contribution in [0.4, 0.5) is 0 Å². The molecule has 0 unspecified atom stereocenters. The Kier molecular flexibility index (Phi) is 3.19. The highest BCUT2D eigenvalue weighted by Crippen LogP contribution is 2.17. The lowest BCUT2D eigenvalue weighted by Gasteiger charge is -2.19. The maximum absolute atomic E-state index is 11.4. The number of ether oxygens (including phenoxy) is 1. The zero-order chi connectivity index (χ0) is 11.5. The van der Waals surface area contributed by atoms with Gasteiger partial charge < -0.3 is 4.74 Å². The van der Waals surface area contributed by atoms with Crippen LogP contribution in [0.15, 0.2) is 30.3 Å². The summed E-state index contributed by atoms with van der Waals surface area (Å²) in [7, 11) is 0. The second-order valence-electron chi connectivity index (χ2n) is 3.81. The van der Waals surface area contributed by atoms with Gasteiger partial charge in [-0.15, -0.1) is 0 Å². The van der Waals surface area contributed by atoms with E-state index >= 15 is 0 Å². The van der Waals surface area contributed by atoms with Crippen LogP contribution < -0.4 is 0 Å². The van der Waals surface area contributed by atoms with E-state index in [4.69, 9.17) is 17.0 Å². The Labute approximate surface area is 100 Å². The third-order valence-corrected chi connectivity index (χ3v) is 2.93. The van der Waals surface area contributed by atoms with Gasteiger partial charge in [0.15, 0.2) is 0 Å². The van der Waals surface area contributed by atoms with E-state index in [0.717, 1.165) is 6.42 Å². The van der Waals surface area contributed by atoms with Crippen molar-refractivity contribution < 1.29 is 9.53 Å². The lowest BCUT2D eigenvalue weighted by atomic mass is 10.1. The Morgan fingerprint density at radius 2 is 2.19 bits per heavy atom. The van der Waals surface area contributed by atoms with Gasteiger partial charge in [-0.2, -0.15) is 0 Å². The van der Waals surface area contributed by atoms with Crippen molar-refractivity contribution in [3.63, 3.8) is 0 Å². The quantitative estimate of drug-likeness (QED) is 0.732. The topological polar surface area (TPSA) is 29.5 Å². The van der Waals surface area contributed by atoms with Crippen molar-refractivity contribution in [2.24, 2.45) is 0 Å². The molecule has 1 heterocycles. The third-order valence-electron chi connectivity index (χ3n) is 2.61. The van der Waals surface area contributed by atoms with Gasteiger partial charge in [-0.1, -0.05) is 30.3 Å². The second kappa shape index (κ2) is 4.61. The van der Waals surface area contributed by atoms with Gasteiger partial charge in [0.2, 0.25) is 5.91 Å². The number of amides is 1. The van der Waals surface area contributed by atoms with E-state index < -0.39 is 0 Å². The Balaban J connectivity index is 2.10. The molecule has 16 heavy (non-hydrogen) atoms. The number of thiocarbonyl (C=S) groups is 1. The Morgan fingerprint density at radius 3 is 2.81 bits per heavy atom. The van der Waals surface area contributed by atoms with E-state index in [1.54, 1.807) is 4.90 Å². The van der Waals surface area contributed by atoms with Crippen molar-refractivity contribution in [3.05, 3.63) is 35.9 Å². The largest absolute Gasteiger partial charge is 0.468 e. The van der Waals surface area contributed by atoms with Gasteiger partial charge >= 0.3 is 0 Å². The maximum atomic E-state index is 11.4. The van der Waals surface area contributed by atoms with E-state index in [1.807, 2.05) is 30.3 Å².